The molecule has 2 fully saturated rings. The molecule has 2 saturated heterocycles. The average Bonchev–Trinajstić information content (AvgIpc) is 2.95. The molecule has 7 heteroatoms. The van der Waals surface area contributed by atoms with Crippen molar-refractivity contribution in [2.24, 2.45) is 5.41 Å². The molecule has 0 bridgehead atoms. The van der Waals surface area contributed by atoms with Gasteiger partial charge in [0.1, 0.15) is 17.5 Å². The predicted molar refractivity (Wildman–Crippen MR) is 85.9 cm³/mol. The normalized spacial score (nSPS) is 30.1. The first kappa shape index (κ1) is 17.0. The molecule has 0 saturated carbocycles. The molecule has 132 valence electrons. The van der Waals surface area contributed by atoms with E-state index in [-0.39, 0.29) is 12.0 Å². The molecule has 1 aromatic heterocycles. The smallest absolute Gasteiger partial charge is 0.407 e. The highest BCUT2D eigenvalue weighted by atomic mass is 16.7. The van der Waals surface area contributed by atoms with Crippen LogP contribution in [-0.4, -0.2) is 53.7 Å². The first-order valence-electron chi connectivity index (χ1n) is 8.08. The number of hydrogen-bond donors (Lipinski definition) is 1. The van der Waals surface area contributed by atoms with E-state index < -0.39 is 24.1 Å². The number of carboxylic acid groups (broad SMARTS) is 1. The van der Waals surface area contributed by atoms with Gasteiger partial charge in [-0.15, -0.1) is 0 Å². The van der Waals surface area contributed by atoms with Gasteiger partial charge in [-0.2, -0.15) is 0 Å². The molecule has 24 heavy (non-hydrogen) atoms. The van der Waals surface area contributed by atoms with E-state index in [4.69, 9.17) is 14.2 Å². The number of aromatic nitrogens is 1. The largest absolute Gasteiger partial charge is 0.497 e. The molecule has 1 aromatic rings. The summed E-state index contributed by atoms with van der Waals surface area (Å²) in [7, 11) is 1.60. The van der Waals surface area contributed by atoms with E-state index in [2.05, 4.69) is 4.98 Å². The number of pyridine rings is 1. The zero-order valence-electron chi connectivity index (χ0n) is 14.5. The van der Waals surface area contributed by atoms with Crippen molar-refractivity contribution < 1.29 is 24.1 Å². The summed E-state index contributed by atoms with van der Waals surface area (Å²) < 4.78 is 17.8. The second kappa shape index (κ2) is 5.89. The summed E-state index contributed by atoms with van der Waals surface area (Å²) >= 11 is 0. The number of rotatable bonds is 2. The molecular formula is C17H24N2O5. The fourth-order valence-corrected chi connectivity index (χ4v) is 3.23. The van der Waals surface area contributed by atoms with Gasteiger partial charge in [0.05, 0.1) is 19.3 Å². The van der Waals surface area contributed by atoms with Crippen molar-refractivity contribution >= 4 is 6.09 Å². The fraction of sp³-hybridized carbons (Fsp3) is 0.647. The Balaban J connectivity index is 1.99. The Hall–Kier alpha value is -1.86. The molecule has 0 aromatic carbocycles. The number of carbonyl (C=O) groups is 1. The van der Waals surface area contributed by atoms with Crippen LogP contribution in [-0.2, 0) is 15.1 Å². The molecule has 2 aliphatic heterocycles. The Morgan fingerprint density at radius 2 is 2.25 bits per heavy atom. The van der Waals surface area contributed by atoms with Gasteiger partial charge in [0, 0.05) is 30.6 Å². The molecule has 3 atom stereocenters. The number of nitrogens with zero attached hydrogens (tertiary/aromatic N) is 2. The molecule has 1 amide bonds. The van der Waals surface area contributed by atoms with Crippen LogP contribution in [0.1, 0.15) is 32.9 Å². The third-order valence-electron chi connectivity index (χ3n) is 4.64. The maximum atomic E-state index is 11.4. The van der Waals surface area contributed by atoms with E-state index >= 15 is 0 Å². The second-order valence-corrected chi connectivity index (χ2v) is 7.39. The van der Waals surface area contributed by atoms with Crippen LogP contribution in [0.3, 0.4) is 0 Å². The van der Waals surface area contributed by atoms with Crippen molar-refractivity contribution in [2.45, 2.75) is 45.2 Å². The standard InChI is InChI=1S/C17H24N2O5/c1-16(2,3)14-23-13-10-19(15(20)21)8-6-17(13,24-14)12-9-11(22-4)5-7-18-12/h5,7,9,13-14H,6,8,10H2,1-4H3,(H,20,21)/t13-,14?,17-/m1/s1. The molecular weight excluding hydrogens is 312 g/mol. The molecule has 3 heterocycles. The predicted octanol–water partition coefficient (Wildman–Crippen LogP) is 2.46. The van der Waals surface area contributed by atoms with Gasteiger partial charge in [-0.05, 0) is 6.07 Å². The quantitative estimate of drug-likeness (QED) is 0.893. The van der Waals surface area contributed by atoms with Crippen molar-refractivity contribution in [1.29, 1.82) is 0 Å². The summed E-state index contributed by atoms with van der Waals surface area (Å²) in [6.45, 7) is 6.76. The Morgan fingerprint density at radius 3 is 2.88 bits per heavy atom. The van der Waals surface area contributed by atoms with Crippen molar-refractivity contribution in [3.05, 3.63) is 24.0 Å². The van der Waals surface area contributed by atoms with Crippen molar-refractivity contribution in [1.82, 2.24) is 9.88 Å². The molecule has 3 rings (SSSR count). The van der Waals surface area contributed by atoms with Crippen LogP contribution in [0.2, 0.25) is 0 Å². The number of fused-ring (bicyclic) bond motifs is 1. The summed E-state index contributed by atoms with van der Waals surface area (Å²) in [5, 5.41) is 9.31. The van der Waals surface area contributed by atoms with Gasteiger partial charge < -0.3 is 24.2 Å². The fourth-order valence-electron chi connectivity index (χ4n) is 3.23. The lowest BCUT2D eigenvalue weighted by Gasteiger charge is -2.40. The van der Waals surface area contributed by atoms with E-state index in [1.54, 1.807) is 19.4 Å². The molecule has 7 nitrogen and oxygen atoms in total. The van der Waals surface area contributed by atoms with Crippen LogP contribution in [0.15, 0.2) is 18.3 Å². The lowest BCUT2D eigenvalue weighted by Crippen LogP contribution is -2.53. The van der Waals surface area contributed by atoms with Crippen molar-refractivity contribution in [2.75, 3.05) is 20.2 Å². The van der Waals surface area contributed by atoms with Crippen LogP contribution < -0.4 is 4.74 Å². The summed E-state index contributed by atoms with van der Waals surface area (Å²) in [6, 6.07) is 3.62. The lowest BCUT2D eigenvalue weighted by atomic mass is 9.85. The zero-order valence-corrected chi connectivity index (χ0v) is 14.5. The monoisotopic (exact) mass is 336 g/mol. The van der Waals surface area contributed by atoms with Crippen LogP contribution in [0.4, 0.5) is 4.79 Å². The molecule has 1 N–H and O–H groups in total. The first-order chi connectivity index (χ1) is 11.3. The molecule has 0 radical (unpaired) electrons. The number of likely N-dealkylation sites (tertiary alicyclic amines) is 1. The van der Waals surface area contributed by atoms with Gasteiger partial charge >= 0.3 is 6.09 Å². The Kier molecular flexibility index (Phi) is 4.17. The van der Waals surface area contributed by atoms with Gasteiger partial charge in [0.2, 0.25) is 0 Å². The minimum Gasteiger partial charge on any atom is -0.497 e. The molecule has 0 spiro atoms. The molecule has 2 aliphatic rings. The maximum absolute atomic E-state index is 11.4. The number of piperidine rings is 1. The third kappa shape index (κ3) is 2.82. The van der Waals surface area contributed by atoms with Crippen LogP contribution in [0.25, 0.3) is 0 Å². The van der Waals surface area contributed by atoms with Crippen LogP contribution in [0, 0.1) is 5.41 Å². The van der Waals surface area contributed by atoms with E-state index in [1.807, 2.05) is 26.8 Å². The Labute approximate surface area is 141 Å². The number of ether oxygens (including phenoxy) is 3. The lowest BCUT2D eigenvalue weighted by molar-refractivity contribution is -0.151. The topological polar surface area (TPSA) is 81.1 Å². The Morgan fingerprint density at radius 1 is 1.50 bits per heavy atom. The number of amides is 1. The summed E-state index contributed by atoms with van der Waals surface area (Å²) in [5.41, 5.74) is -0.251. The summed E-state index contributed by atoms with van der Waals surface area (Å²) in [5.74, 6) is 0.691. The van der Waals surface area contributed by atoms with Gasteiger partial charge in [-0.1, -0.05) is 20.8 Å². The second-order valence-electron chi connectivity index (χ2n) is 7.39. The third-order valence-corrected chi connectivity index (χ3v) is 4.64. The van der Waals surface area contributed by atoms with Gasteiger partial charge in [-0.25, -0.2) is 4.79 Å². The Bertz CT molecular complexity index is 630. The summed E-state index contributed by atoms with van der Waals surface area (Å²) in [6.07, 6.45) is 0.411. The van der Waals surface area contributed by atoms with Crippen molar-refractivity contribution in [3.8, 4) is 5.75 Å². The minimum absolute atomic E-state index is 0.225. The zero-order chi connectivity index (χ0) is 17.5. The van der Waals surface area contributed by atoms with Crippen LogP contribution in [0.5, 0.6) is 5.75 Å². The minimum atomic E-state index is -0.940. The first-order valence-corrected chi connectivity index (χ1v) is 8.08. The maximum Gasteiger partial charge on any atom is 0.407 e. The van der Waals surface area contributed by atoms with E-state index in [0.717, 1.165) is 5.69 Å². The number of methoxy groups -OCH3 is 1. The van der Waals surface area contributed by atoms with Crippen LogP contribution >= 0.6 is 0 Å². The number of hydrogen-bond acceptors (Lipinski definition) is 5. The van der Waals surface area contributed by atoms with E-state index in [1.165, 1.54) is 4.90 Å². The SMILES string of the molecule is COc1ccnc([C@]23CCN(C(=O)O)C[C@H]2OC(C(C)(C)C)O3)c1. The van der Waals surface area contributed by atoms with E-state index in [0.29, 0.717) is 18.7 Å². The molecule has 1 unspecified atom stereocenters. The highest BCUT2D eigenvalue weighted by Crippen LogP contribution is 2.48. The van der Waals surface area contributed by atoms with Crippen molar-refractivity contribution in [3.63, 3.8) is 0 Å². The molecule has 0 aliphatic carbocycles. The average molecular weight is 336 g/mol. The van der Waals surface area contributed by atoms with Gasteiger partial charge in [0.15, 0.2) is 6.29 Å². The van der Waals surface area contributed by atoms with Gasteiger partial charge in [0.25, 0.3) is 0 Å². The highest BCUT2D eigenvalue weighted by molar-refractivity contribution is 5.65. The summed E-state index contributed by atoms with van der Waals surface area (Å²) in [4.78, 5) is 17.2. The van der Waals surface area contributed by atoms with E-state index in [9.17, 15) is 9.90 Å². The highest BCUT2D eigenvalue weighted by Gasteiger charge is 2.57. The van der Waals surface area contributed by atoms with Gasteiger partial charge in [-0.3, -0.25) is 4.98 Å².